The molecule has 14 heavy (non-hydrogen) atoms. The van der Waals surface area contributed by atoms with E-state index in [1.807, 2.05) is 13.0 Å². The second-order valence-electron chi connectivity index (χ2n) is 4.02. The number of aryl methyl sites for hydroxylation is 1. The van der Waals surface area contributed by atoms with Gasteiger partial charge in [-0.3, -0.25) is 0 Å². The van der Waals surface area contributed by atoms with E-state index in [4.69, 9.17) is 11.6 Å². The monoisotopic (exact) mass is 207 g/mol. The van der Waals surface area contributed by atoms with E-state index in [-0.39, 0.29) is 0 Å². The van der Waals surface area contributed by atoms with Crippen molar-refractivity contribution in [2.45, 2.75) is 26.7 Å². The van der Waals surface area contributed by atoms with E-state index in [0.717, 1.165) is 10.6 Å². The predicted octanol–water partition coefficient (Wildman–Crippen LogP) is 4.25. The average molecular weight is 208 g/mol. The molecule has 2 aromatic rings. The first-order valence-electron chi connectivity index (χ1n) is 4.87. The van der Waals surface area contributed by atoms with E-state index < -0.39 is 0 Å². The number of aromatic amines is 1. The molecule has 0 unspecified atom stereocenters. The van der Waals surface area contributed by atoms with Gasteiger partial charge in [0, 0.05) is 16.1 Å². The fourth-order valence-electron chi connectivity index (χ4n) is 1.65. The molecule has 0 saturated heterocycles. The van der Waals surface area contributed by atoms with E-state index in [1.165, 1.54) is 16.6 Å². The van der Waals surface area contributed by atoms with Crippen LogP contribution in [0.1, 0.15) is 31.0 Å². The van der Waals surface area contributed by atoms with E-state index in [2.05, 4.69) is 31.0 Å². The van der Waals surface area contributed by atoms with Crippen LogP contribution in [0.4, 0.5) is 0 Å². The Morgan fingerprint density at radius 3 is 2.64 bits per heavy atom. The Morgan fingerprint density at radius 2 is 2.00 bits per heavy atom. The summed E-state index contributed by atoms with van der Waals surface area (Å²) in [5.41, 5.74) is 3.57. The third kappa shape index (κ3) is 1.42. The van der Waals surface area contributed by atoms with Gasteiger partial charge in [0.25, 0.3) is 0 Å². The standard InChI is InChI=1S/C12H14ClN/c1-7(2)11-6-9-4-5-10(13)8(3)12(9)14-11/h4-7,14H,1-3H3. The number of aromatic nitrogens is 1. The minimum Gasteiger partial charge on any atom is -0.358 e. The molecule has 0 atom stereocenters. The fraction of sp³-hybridized carbons (Fsp3) is 0.333. The van der Waals surface area contributed by atoms with Crippen molar-refractivity contribution in [3.8, 4) is 0 Å². The summed E-state index contributed by atoms with van der Waals surface area (Å²) in [6, 6.07) is 6.22. The van der Waals surface area contributed by atoms with Crippen LogP contribution in [-0.2, 0) is 0 Å². The normalized spacial score (nSPS) is 11.5. The lowest BCUT2D eigenvalue weighted by Gasteiger charge is -2.00. The Morgan fingerprint density at radius 1 is 1.29 bits per heavy atom. The van der Waals surface area contributed by atoms with Crippen LogP contribution in [0.2, 0.25) is 5.02 Å². The molecule has 1 aromatic carbocycles. The zero-order valence-electron chi connectivity index (χ0n) is 8.69. The van der Waals surface area contributed by atoms with Crippen molar-refractivity contribution in [2.75, 3.05) is 0 Å². The average Bonchev–Trinajstić information content (AvgIpc) is 2.56. The lowest BCUT2D eigenvalue weighted by atomic mass is 10.1. The number of benzene rings is 1. The summed E-state index contributed by atoms with van der Waals surface area (Å²) in [6.45, 7) is 6.41. The van der Waals surface area contributed by atoms with Crippen molar-refractivity contribution < 1.29 is 0 Å². The highest BCUT2D eigenvalue weighted by atomic mass is 35.5. The van der Waals surface area contributed by atoms with Crippen LogP contribution in [-0.4, -0.2) is 4.98 Å². The van der Waals surface area contributed by atoms with Gasteiger partial charge in [0.2, 0.25) is 0 Å². The molecule has 0 aliphatic carbocycles. The number of fused-ring (bicyclic) bond motifs is 1. The number of rotatable bonds is 1. The molecule has 2 heteroatoms. The van der Waals surface area contributed by atoms with E-state index in [0.29, 0.717) is 5.92 Å². The highest BCUT2D eigenvalue weighted by molar-refractivity contribution is 6.32. The van der Waals surface area contributed by atoms with Crippen LogP contribution >= 0.6 is 11.6 Å². The first-order valence-corrected chi connectivity index (χ1v) is 5.25. The summed E-state index contributed by atoms with van der Waals surface area (Å²) in [5.74, 6) is 0.528. The molecule has 0 saturated carbocycles. The molecule has 74 valence electrons. The second-order valence-corrected chi connectivity index (χ2v) is 4.42. The van der Waals surface area contributed by atoms with E-state index in [9.17, 15) is 0 Å². The molecule has 0 fully saturated rings. The first-order chi connectivity index (χ1) is 6.59. The summed E-state index contributed by atoms with van der Waals surface area (Å²) in [5, 5.41) is 2.07. The first kappa shape index (κ1) is 9.60. The molecule has 0 amide bonds. The minimum absolute atomic E-state index is 0.528. The number of H-pyrrole nitrogens is 1. The van der Waals surface area contributed by atoms with Gasteiger partial charge >= 0.3 is 0 Å². The van der Waals surface area contributed by atoms with Crippen molar-refractivity contribution in [3.63, 3.8) is 0 Å². The van der Waals surface area contributed by atoms with Crippen LogP contribution < -0.4 is 0 Å². The molecular weight excluding hydrogens is 194 g/mol. The predicted molar refractivity (Wildman–Crippen MR) is 62.1 cm³/mol. The van der Waals surface area contributed by atoms with Crippen molar-refractivity contribution in [3.05, 3.63) is 34.5 Å². The number of hydrogen-bond acceptors (Lipinski definition) is 0. The molecule has 0 aliphatic heterocycles. The van der Waals surface area contributed by atoms with Gasteiger partial charge in [-0.15, -0.1) is 0 Å². The van der Waals surface area contributed by atoms with Crippen molar-refractivity contribution in [1.82, 2.24) is 4.98 Å². The maximum absolute atomic E-state index is 6.06. The highest BCUT2D eigenvalue weighted by Crippen LogP contribution is 2.27. The maximum atomic E-state index is 6.06. The van der Waals surface area contributed by atoms with Crippen LogP contribution in [0.15, 0.2) is 18.2 Å². The second kappa shape index (κ2) is 3.32. The molecule has 0 bridgehead atoms. The zero-order chi connectivity index (χ0) is 10.3. The third-order valence-corrected chi connectivity index (χ3v) is 3.04. The molecular formula is C12H14ClN. The lowest BCUT2D eigenvalue weighted by Crippen LogP contribution is -1.85. The molecule has 1 aromatic heterocycles. The Kier molecular flexibility index (Phi) is 2.28. The number of halogens is 1. The van der Waals surface area contributed by atoms with Gasteiger partial charge in [0.1, 0.15) is 0 Å². The molecule has 0 aliphatic rings. The smallest absolute Gasteiger partial charge is 0.0500 e. The van der Waals surface area contributed by atoms with Crippen LogP contribution in [0.25, 0.3) is 10.9 Å². The Balaban J connectivity index is 2.71. The Hall–Kier alpha value is -0.950. The van der Waals surface area contributed by atoms with Gasteiger partial charge in [-0.25, -0.2) is 0 Å². The van der Waals surface area contributed by atoms with E-state index in [1.54, 1.807) is 0 Å². The van der Waals surface area contributed by atoms with Gasteiger partial charge in [-0.05, 0) is 30.5 Å². The third-order valence-electron chi connectivity index (χ3n) is 2.63. The van der Waals surface area contributed by atoms with Crippen molar-refractivity contribution >= 4 is 22.5 Å². The van der Waals surface area contributed by atoms with Crippen LogP contribution in [0.3, 0.4) is 0 Å². The summed E-state index contributed by atoms with van der Waals surface area (Å²) in [4.78, 5) is 3.42. The molecule has 1 heterocycles. The summed E-state index contributed by atoms with van der Waals surface area (Å²) < 4.78 is 0. The van der Waals surface area contributed by atoms with Gasteiger partial charge in [0.05, 0.1) is 5.52 Å². The fourth-order valence-corrected chi connectivity index (χ4v) is 1.81. The minimum atomic E-state index is 0.528. The van der Waals surface area contributed by atoms with E-state index >= 15 is 0 Å². The van der Waals surface area contributed by atoms with Crippen molar-refractivity contribution in [2.24, 2.45) is 0 Å². The van der Waals surface area contributed by atoms with Crippen LogP contribution in [0.5, 0.6) is 0 Å². The summed E-state index contributed by atoms with van der Waals surface area (Å²) in [7, 11) is 0. The maximum Gasteiger partial charge on any atom is 0.0500 e. The van der Waals surface area contributed by atoms with Gasteiger partial charge in [-0.1, -0.05) is 31.5 Å². The summed E-state index contributed by atoms with van der Waals surface area (Å²) in [6.07, 6.45) is 0. The molecule has 1 nitrogen and oxygen atoms in total. The molecule has 0 spiro atoms. The van der Waals surface area contributed by atoms with Gasteiger partial charge < -0.3 is 4.98 Å². The van der Waals surface area contributed by atoms with Crippen molar-refractivity contribution in [1.29, 1.82) is 0 Å². The molecule has 2 rings (SSSR count). The SMILES string of the molecule is Cc1c(Cl)ccc2cc(C(C)C)[nH]c12. The lowest BCUT2D eigenvalue weighted by molar-refractivity contribution is 0.836. The highest BCUT2D eigenvalue weighted by Gasteiger charge is 2.07. The van der Waals surface area contributed by atoms with Gasteiger partial charge in [0.15, 0.2) is 0 Å². The number of hydrogen-bond donors (Lipinski definition) is 1. The quantitative estimate of drug-likeness (QED) is 0.720. The largest absolute Gasteiger partial charge is 0.358 e. The molecule has 0 radical (unpaired) electrons. The van der Waals surface area contributed by atoms with Gasteiger partial charge in [-0.2, -0.15) is 0 Å². The molecule has 1 N–H and O–H groups in total. The number of nitrogens with one attached hydrogen (secondary N) is 1. The summed E-state index contributed by atoms with van der Waals surface area (Å²) >= 11 is 6.06. The zero-order valence-corrected chi connectivity index (χ0v) is 9.44. The topological polar surface area (TPSA) is 15.8 Å². The Labute approximate surface area is 89.1 Å². The van der Waals surface area contributed by atoms with Crippen LogP contribution in [0, 0.1) is 6.92 Å². The Bertz CT molecular complexity index is 468.